The summed E-state index contributed by atoms with van der Waals surface area (Å²) in [7, 11) is 0. The zero-order valence-electron chi connectivity index (χ0n) is 15.2. The maximum atomic E-state index is 13.7. The predicted octanol–water partition coefficient (Wildman–Crippen LogP) is 4.29. The van der Waals surface area contributed by atoms with Crippen LogP contribution in [0.3, 0.4) is 0 Å². The number of rotatable bonds is 3. The first-order valence-corrected chi connectivity index (χ1v) is 8.53. The van der Waals surface area contributed by atoms with E-state index < -0.39 is 23.4 Å². The summed E-state index contributed by atoms with van der Waals surface area (Å²) in [5.41, 5.74) is -0.0842. The molecule has 0 saturated heterocycles. The number of aryl methyl sites for hydroxylation is 1. The van der Waals surface area contributed by atoms with Crippen molar-refractivity contribution in [3.63, 3.8) is 0 Å². The van der Waals surface area contributed by atoms with Crippen LogP contribution in [0.2, 0.25) is 0 Å². The van der Waals surface area contributed by atoms with Crippen LogP contribution >= 0.6 is 0 Å². The predicted molar refractivity (Wildman–Crippen MR) is 95.6 cm³/mol. The standard InChI is InChI=1S/C19H13F5N5O/c1-10-25-15-6-13(20)14(21)7-16(15)29(10)18-9-28(30)8-17(27-18)26-12-4-2-11(3-5-12)19(22,23)24/h2-9H,1H3,(H2,26,27,30)/q+1. The minimum Gasteiger partial charge on any atom is -0.335 e. The first-order chi connectivity index (χ1) is 14.1. The van der Waals surface area contributed by atoms with Crippen molar-refractivity contribution in [2.45, 2.75) is 13.1 Å². The number of imidazole rings is 1. The number of nitrogens with zero attached hydrogens (tertiary/aromatic N) is 4. The summed E-state index contributed by atoms with van der Waals surface area (Å²) >= 11 is 0. The number of anilines is 2. The molecule has 2 aromatic heterocycles. The van der Waals surface area contributed by atoms with Gasteiger partial charge in [0.2, 0.25) is 11.6 Å². The van der Waals surface area contributed by atoms with Gasteiger partial charge >= 0.3 is 6.18 Å². The molecule has 30 heavy (non-hydrogen) atoms. The fourth-order valence-electron chi connectivity index (χ4n) is 3.00. The monoisotopic (exact) mass is 422 g/mol. The molecule has 0 fully saturated rings. The quantitative estimate of drug-likeness (QED) is 0.294. The van der Waals surface area contributed by atoms with Crippen LogP contribution in [0.5, 0.6) is 0 Å². The van der Waals surface area contributed by atoms with Crippen molar-refractivity contribution < 1.29 is 31.9 Å². The fraction of sp³-hybridized carbons (Fsp3) is 0.105. The maximum absolute atomic E-state index is 13.7. The molecule has 2 N–H and O–H groups in total. The Morgan fingerprint density at radius 3 is 2.33 bits per heavy atom. The summed E-state index contributed by atoms with van der Waals surface area (Å²) in [6.45, 7) is 1.59. The van der Waals surface area contributed by atoms with Crippen LogP contribution in [0, 0.1) is 18.6 Å². The fourth-order valence-corrected chi connectivity index (χ4v) is 3.00. The molecule has 0 aliphatic rings. The molecule has 6 nitrogen and oxygen atoms in total. The van der Waals surface area contributed by atoms with E-state index in [0.29, 0.717) is 16.2 Å². The summed E-state index contributed by atoms with van der Waals surface area (Å²) in [5.74, 6) is -1.54. The Morgan fingerprint density at radius 1 is 1.00 bits per heavy atom. The Balaban J connectivity index is 1.73. The van der Waals surface area contributed by atoms with Crippen LogP contribution in [0.1, 0.15) is 11.4 Å². The second kappa shape index (κ2) is 6.94. The molecular formula is C19H13F5N5O+. The van der Waals surface area contributed by atoms with E-state index in [9.17, 15) is 27.2 Å². The highest BCUT2D eigenvalue weighted by Gasteiger charge is 2.30. The van der Waals surface area contributed by atoms with Crippen LogP contribution in [-0.4, -0.2) is 19.7 Å². The van der Waals surface area contributed by atoms with Crippen molar-refractivity contribution in [1.82, 2.24) is 14.5 Å². The van der Waals surface area contributed by atoms with Crippen LogP contribution < -0.4 is 10.0 Å². The maximum Gasteiger partial charge on any atom is 0.416 e. The highest BCUT2D eigenvalue weighted by molar-refractivity contribution is 5.78. The first kappa shape index (κ1) is 19.6. The van der Waals surface area contributed by atoms with Crippen molar-refractivity contribution in [1.29, 1.82) is 0 Å². The Hall–Kier alpha value is -3.76. The Morgan fingerprint density at radius 2 is 1.67 bits per heavy atom. The molecule has 0 aliphatic carbocycles. The summed E-state index contributed by atoms with van der Waals surface area (Å²) in [6, 6.07) is 6.16. The van der Waals surface area contributed by atoms with Gasteiger partial charge in [0.15, 0.2) is 11.6 Å². The summed E-state index contributed by atoms with van der Waals surface area (Å²) < 4.78 is 67.4. The lowest BCUT2D eigenvalue weighted by molar-refractivity contribution is -0.904. The molecule has 154 valence electrons. The highest BCUT2D eigenvalue weighted by atomic mass is 19.4. The van der Waals surface area contributed by atoms with Crippen molar-refractivity contribution >= 4 is 22.5 Å². The number of nitrogens with one attached hydrogen (secondary N) is 1. The van der Waals surface area contributed by atoms with Gasteiger partial charge in [-0.15, -0.1) is 0 Å². The van der Waals surface area contributed by atoms with Gasteiger partial charge in [0.1, 0.15) is 5.82 Å². The van der Waals surface area contributed by atoms with Crippen LogP contribution in [0.25, 0.3) is 16.9 Å². The van der Waals surface area contributed by atoms with Crippen molar-refractivity contribution in [2.75, 3.05) is 5.32 Å². The van der Waals surface area contributed by atoms with E-state index in [1.165, 1.54) is 29.1 Å². The summed E-state index contributed by atoms with van der Waals surface area (Å²) in [6.07, 6.45) is -2.05. The molecule has 2 heterocycles. The Bertz CT molecular complexity index is 1250. The van der Waals surface area contributed by atoms with Gasteiger partial charge in [-0.05, 0) is 31.2 Å². The molecule has 0 saturated carbocycles. The SMILES string of the molecule is Cc1nc2cc(F)c(F)cc2n1-c1c[n+](O)cc(Nc2ccc(C(F)(F)F)cc2)n1. The normalized spacial score (nSPS) is 11.8. The molecule has 0 radical (unpaired) electrons. The molecule has 4 rings (SSSR count). The van der Waals surface area contributed by atoms with Crippen molar-refractivity contribution in [3.05, 3.63) is 71.8 Å². The number of aromatic nitrogens is 4. The van der Waals surface area contributed by atoms with Crippen molar-refractivity contribution in [2.24, 2.45) is 0 Å². The molecule has 0 spiro atoms. The molecule has 0 atom stereocenters. The summed E-state index contributed by atoms with van der Waals surface area (Å²) in [4.78, 5) is 8.46. The van der Waals surface area contributed by atoms with E-state index in [1.807, 2.05) is 0 Å². The number of hydrogen-bond donors (Lipinski definition) is 2. The van der Waals surface area contributed by atoms with Gasteiger partial charge in [-0.1, -0.05) is 0 Å². The second-order valence-corrected chi connectivity index (χ2v) is 6.44. The third-order valence-corrected chi connectivity index (χ3v) is 4.32. The van der Waals surface area contributed by atoms with E-state index in [2.05, 4.69) is 15.3 Å². The molecule has 0 bridgehead atoms. The molecule has 0 unspecified atom stereocenters. The number of alkyl halides is 3. The number of halogens is 5. The van der Waals surface area contributed by atoms with Crippen LogP contribution in [0.4, 0.5) is 33.5 Å². The highest BCUT2D eigenvalue weighted by Crippen LogP contribution is 2.30. The minimum absolute atomic E-state index is 0.0959. The van der Waals surface area contributed by atoms with E-state index in [4.69, 9.17) is 0 Å². The third-order valence-electron chi connectivity index (χ3n) is 4.32. The van der Waals surface area contributed by atoms with Gasteiger partial charge in [-0.3, -0.25) is 9.77 Å². The van der Waals surface area contributed by atoms with Crippen molar-refractivity contribution in [3.8, 4) is 5.82 Å². The van der Waals surface area contributed by atoms with Gasteiger partial charge in [0, 0.05) is 22.6 Å². The minimum atomic E-state index is -4.46. The lowest BCUT2D eigenvalue weighted by Gasteiger charge is -2.09. The largest absolute Gasteiger partial charge is 0.416 e. The van der Waals surface area contributed by atoms with E-state index in [-0.39, 0.29) is 22.7 Å². The molecule has 0 amide bonds. The zero-order chi connectivity index (χ0) is 21.6. The van der Waals surface area contributed by atoms with Gasteiger partial charge in [-0.2, -0.15) is 13.2 Å². The Kier molecular flexibility index (Phi) is 4.52. The zero-order valence-corrected chi connectivity index (χ0v) is 15.2. The average Bonchev–Trinajstić information content (AvgIpc) is 2.96. The first-order valence-electron chi connectivity index (χ1n) is 8.53. The van der Waals surface area contributed by atoms with Crippen LogP contribution in [-0.2, 0) is 6.18 Å². The second-order valence-electron chi connectivity index (χ2n) is 6.44. The van der Waals surface area contributed by atoms with E-state index in [1.54, 1.807) is 6.92 Å². The molecule has 11 heteroatoms. The van der Waals surface area contributed by atoms with E-state index >= 15 is 0 Å². The number of fused-ring (bicyclic) bond motifs is 1. The number of hydrogen-bond acceptors (Lipinski definition) is 4. The molecular weight excluding hydrogens is 409 g/mol. The van der Waals surface area contributed by atoms with E-state index in [0.717, 1.165) is 24.3 Å². The number of benzene rings is 2. The lowest BCUT2D eigenvalue weighted by Crippen LogP contribution is -2.31. The lowest BCUT2D eigenvalue weighted by atomic mass is 10.2. The van der Waals surface area contributed by atoms with Crippen LogP contribution in [0.15, 0.2) is 48.8 Å². The third kappa shape index (κ3) is 3.61. The van der Waals surface area contributed by atoms with Gasteiger partial charge in [0.25, 0.3) is 12.4 Å². The Labute approximate surface area is 165 Å². The molecule has 2 aromatic carbocycles. The molecule has 0 aliphatic heterocycles. The topological polar surface area (TPSA) is 66.8 Å². The van der Waals surface area contributed by atoms with Gasteiger partial charge < -0.3 is 5.32 Å². The molecule has 4 aromatic rings. The average molecular weight is 422 g/mol. The van der Waals surface area contributed by atoms with Gasteiger partial charge in [-0.25, -0.2) is 18.7 Å². The summed E-state index contributed by atoms with van der Waals surface area (Å²) in [5, 5.41) is 12.8. The smallest absolute Gasteiger partial charge is 0.335 e. The van der Waals surface area contributed by atoms with Gasteiger partial charge in [0.05, 0.1) is 16.6 Å².